The van der Waals surface area contributed by atoms with Crippen LogP contribution in [0.3, 0.4) is 0 Å². The molecular formula is C17H28N2O2. The van der Waals surface area contributed by atoms with E-state index in [1.54, 1.807) is 7.11 Å². The Morgan fingerprint density at radius 1 is 1.10 bits per heavy atom. The van der Waals surface area contributed by atoms with E-state index in [0.717, 1.165) is 50.7 Å². The van der Waals surface area contributed by atoms with Crippen molar-refractivity contribution >= 4 is 0 Å². The molecule has 4 nitrogen and oxygen atoms in total. The van der Waals surface area contributed by atoms with Crippen LogP contribution in [-0.2, 0) is 0 Å². The predicted octanol–water partition coefficient (Wildman–Crippen LogP) is 2.49. The lowest BCUT2D eigenvalue weighted by Gasteiger charge is -2.46. The molecule has 1 aliphatic heterocycles. The predicted molar refractivity (Wildman–Crippen MR) is 86.3 cm³/mol. The van der Waals surface area contributed by atoms with Crippen molar-refractivity contribution in [3.63, 3.8) is 0 Å². The van der Waals surface area contributed by atoms with Crippen LogP contribution in [0.5, 0.6) is 11.5 Å². The van der Waals surface area contributed by atoms with Gasteiger partial charge in [0.25, 0.3) is 0 Å². The molecule has 21 heavy (non-hydrogen) atoms. The average Bonchev–Trinajstić information content (AvgIpc) is 2.45. The van der Waals surface area contributed by atoms with Gasteiger partial charge in [0, 0.05) is 31.7 Å². The van der Waals surface area contributed by atoms with Crippen LogP contribution < -0.4 is 9.47 Å². The largest absolute Gasteiger partial charge is 0.497 e. The van der Waals surface area contributed by atoms with Crippen molar-refractivity contribution in [2.75, 3.05) is 46.9 Å². The number of likely N-dealkylation sites (N-methyl/N-ethyl adjacent to an activating group) is 1. The van der Waals surface area contributed by atoms with Crippen molar-refractivity contribution < 1.29 is 9.47 Å². The molecule has 0 amide bonds. The number of nitrogens with zero attached hydrogens (tertiary/aromatic N) is 2. The van der Waals surface area contributed by atoms with Crippen molar-refractivity contribution in [3.05, 3.63) is 24.3 Å². The average molecular weight is 292 g/mol. The normalized spacial score (nSPS) is 19.4. The van der Waals surface area contributed by atoms with Crippen molar-refractivity contribution in [2.45, 2.75) is 25.8 Å². The lowest BCUT2D eigenvalue weighted by molar-refractivity contribution is 0.0284. The summed E-state index contributed by atoms with van der Waals surface area (Å²) < 4.78 is 10.9. The smallest absolute Gasteiger partial charge is 0.119 e. The Bertz CT molecular complexity index is 431. The molecule has 0 unspecified atom stereocenters. The standard InChI is InChI=1S/C17H28N2O2/c1-17(2)14-18(3)11-12-19(17)10-5-13-21-16-8-6-15(20-4)7-9-16/h6-9H,5,10-14H2,1-4H3. The summed E-state index contributed by atoms with van der Waals surface area (Å²) in [6.45, 7) is 9.94. The van der Waals surface area contributed by atoms with Gasteiger partial charge in [-0.15, -0.1) is 0 Å². The molecule has 0 radical (unpaired) electrons. The number of rotatable bonds is 6. The van der Waals surface area contributed by atoms with E-state index in [2.05, 4.69) is 30.7 Å². The van der Waals surface area contributed by atoms with E-state index in [4.69, 9.17) is 9.47 Å². The monoisotopic (exact) mass is 292 g/mol. The van der Waals surface area contributed by atoms with Gasteiger partial charge in [-0.1, -0.05) is 0 Å². The molecule has 0 bridgehead atoms. The maximum atomic E-state index is 5.79. The molecule has 118 valence electrons. The van der Waals surface area contributed by atoms with Crippen LogP contribution in [0.15, 0.2) is 24.3 Å². The number of piperazine rings is 1. The fourth-order valence-corrected chi connectivity index (χ4v) is 2.97. The number of ether oxygens (including phenoxy) is 2. The van der Waals surface area contributed by atoms with Crippen LogP contribution in [-0.4, -0.2) is 62.3 Å². The quantitative estimate of drug-likeness (QED) is 0.752. The Hall–Kier alpha value is -1.26. The van der Waals surface area contributed by atoms with Crippen molar-refractivity contribution in [3.8, 4) is 11.5 Å². The molecule has 0 aliphatic carbocycles. The Labute approximate surface area is 128 Å². The number of hydrogen-bond acceptors (Lipinski definition) is 4. The van der Waals surface area contributed by atoms with Crippen LogP contribution in [0.1, 0.15) is 20.3 Å². The third-order valence-electron chi connectivity index (χ3n) is 4.17. The molecule has 0 spiro atoms. The molecule has 4 heteroatoms. The van der Waals surface area contributed by atoms with E-state index >= 15 is 0 Å². The molecule has 1 heterocycles. The number of hydrogen-bond donors (Lipinski definition) is 0. The first kappa shape index (κ1) is 16.1. The summed E-state index contributed by atoms with van der Waals surface area (Å²) in [5.41, 5.74) is 0.257. The van der Waals surface area contributed by atoms with Gasteiger partial charge in [-0.25, -0.2) is 0 Å². The lowest BCUT2D eigenvalue weighted by atomic mass is 9.99. The molecule has 0 saturated carbocycles. The van der Waals surface area contributed by atoms with Gasteiger partial charge in [0.2, 0.25) is 0 Å². The summed E-state index contributed by atoms with van der Waals surface area (Å²) in [6, 6.07) is 7.77. The summed E-state index contributed by atoms with van der Waals surface area (Å²) in [5, 5.41) is 0. The van der Waals surface area contributed by atoms with Crippen LogP contribution in [0, 0.1) is 0 Å². The lowest BCUT2D eigenvalue weighted by Crippen LogP contribution is -2.58. The first-order chi connectivity index (χ1) is 10.0. The van der Waals surface area contributed by atoms with Gasteiger partial charge in [0.1, 0.15) is 11.5 Å². The Morgan fingerprint density at radius 2 is 1.76 bits per heavy atom. The molecule has 1 aromatic carbocycles. The van der Waals surface area contributed by atoms with Gasteiger partial charge >= 0.3 is 0 Å². The van der Waals surface area contributed by atoms with Crippen molar-refractivity contribution in [2.24, 2.45) is 0 Å². The maximum absolute atomic E-state index is 5.79. The van der Waals surface area contributed by atoms with Crippen LogP contribution in [0.4, 0.5) is 0 Å². The van der Waals surface area contributed by atoms with Gasteiger partial charge < -0.3 is 14.4 Å². The van der Waals surface area contributed by atoms with Crippen LogP contribution in [0.25, 0.3) is 0 Å². The number of benzene rings is 1. The van der Waals surface area contributed by atoms with Crippen molar-refractivity contribution in [1.29, 1.82) is 0 Å². The Kier molecular flexibility index (Phi) is 5.48. The molecular weight excluding hydrogens is 264 g/mol. The zero-order valence-corrected chi connectivity index (χ0v) is 13.8. The van der Waals surface area contributed by atoms with Gasteiger partial charge in [0.05, 0.1) is 13.7 Å². The van der Waals surface area contributed by atoms with E-state index in [9.17, 15) is 0 Å². The zero-order chi connectivity index (χ0) is 15.3. The van der Waals surface area contributed by atoms with E-state index in [1.165, 1.54) is 0 Å². The Morgan fingerprint density at radius 3 is 2.38 bits per heavy atom. The fourth-order valence-electron chi connectivity index (χ4n) is 2.97. The topological polar surface area (TPSA) is 24.9 Å². The molecule has 2 rings (SSSR count). The first-order valence-corrected chi connectivity index (χ1v) is 7.72. The van der Waals surface area contributed by atoms with E-state index in [0.29, 0.717) is 0 Å². The summed E-state index contributed by atoms with van der Waals surface area (Å²) in [4.78, 5) is 4.98. The minimum atomic E-state index is 0.257. The van der Waals surface area contributed by atoms with Gasteiger partial charge in [-0.05, 0) is 51.6 Å². The highest BCUT2D eigenvalue weighted by Crippen LogP contribution is 2.20. The van der Waals surface area contributed by atoms with E-state index < -0.39 is 0 Å². The molecule has 0 aromatic heterocycles. The summed E-state index contributed by atoms with van der Waals surface area (Å²) >= 11 is 0. The minimum Gasteiger partial charge on any atom is -0.497 e. The molecule has 1 aromatic rings. The van der Waals surface area contributed by atoms with Crippen LogP contribution >= 0.6 is 0 Å². The molecule has 1 aliphatic rings. The molecule has 0 atom stereocenters. The molecule has 0 N–H and O–H groups in total. The van der Waals surface area contributed by atoms with Gasteiger partial charge in [-0.2, -0.15) is 0 Å². The highest BCUT2D eigenvalue weighted by Gasteiger charge is 2.31. The highest BCUT2D eigenvalue weighted by molar-refractivity contribution is 5.31. The second-order valence-electron chi connectivity index (χ2n) is 6.41. The summed E-state index contributed by atoms with van der Waals surface area (Å²) in [5.74, 6) is 1.77. The van der Waals surface area contributed by atoms with E-state index in [-0.39, 0.29) is 5.54 Å². The maximum Gasteiger partial charge on any atom is 0.119 e. The number of methoxy groups -OCH3 is 1. The third kappa shape index (κ3) is 4.61. The third-order valence-corrected chi connectivity index (χ3v) is 4.17. The Balaban J connectivity index is 1.71. The highest BCUT2D eigenvalue weighted by atomic mass is 16.5. The molecule has 1 fully saturated rings. The van der Waals surface area contributed by atoms with Gasteiger partial charge in [0.15, 0.2) is 0 Å². The zero-order valence-electron chi connectivity index (χ0n) is 13.8. The summed E-state index contributed by atoms with van der Waals surface area (Å²) in [7, 11) is 3.87. The molecule has 1 saturated heterocycles. The first-order valence-electron chi connectivity index (χ1n) is 7.72. The minimum absolute atomic E-state index is 0.257. The van der Waals surface area contributed by atoms with E-state index in [1.807, 2.05) is 24.3 Å². The van der Waals surface area contributed by atoms with Crippen LogP contribution in [0.2, 0.25) is 0 Å². The van der Waals surface area contributed by atoms with Gasteiger partial charge in [-0.3, -0.25) is 4.90 Å². The second-order valence-corrected chi connectivity index (χ2v) is 6.41. The fraction of sp³-hybridized carbons (Fsp3) is 0.647. The summed E-state index contributed by atoms with van der Waals surface area (Å²) in [6.07, 6.45) is 1.05. The van der Waals surface area contributed by atoms with Crippen molar-refractivity contribution in [1.82, 2.24) is 9.80 Å². The second kappa shape index (κ2) is 7.14. The SMILES string of the molecule is COc1ccc(OCCCN2CCN(C)CC2(C)C)cc1.